The summed E-state index contributed by atoms with van der Waals surface area (Å²) in [6.45, 7) is 0. The van der Waals surface area contributed by atoms with Gasteiger partial charge in [-0.2, -0.15) is 25.8 Å². The van der Waals surface area contributed by atoms with Gasteiger partial charge in [0.25, 0.3) is 0 Å². The van der Waals surface area contributed by atoms with Gasteiger partial charge in [0.2, 0.25) is 5.91 Å². The lowest BCUT2D eigenvalue weighted by Gasteiger charge is -2.13. The summed E-state index contributed by atoms with van der Waals surface area (Å²) in [6.07, 6.45) is -5.02. The van der Waals surface area contributed by atoms with E-state index < -0.39 is 24.0 Å². The quantitative estimate of drug-likeness (QED) is 0.554. The van der Waals surface area contributed by atoms with Crippen molar-refractivity contribution < 1.29 is 22.8 Å². The Morgan fingerprint density at radius 1 is 1.46 bits per heavy atom. The van der Waals surface area contributed by atoms with Crippen LogP contribution in [0.25, 0.3) is 0 Å². The van der Waals surface area contributed by atoms with E-state index in [-0.39, 0.29) is 5.75 Å². The highest BCUT2D eigenvalue weighted by molar-refractivity contribution is 7.80. The van der Waals surface area contributed by atoms with Crippen molar-refractivity contribution in [3.63, 3.8) is 0 Å². The van der Waals surface area contributed by atoms with Crippen molar-refractivity contribution in [2.75, 3.05) is 5.75 Å². The number of amides is 2. The first-order valence-corrected chi connectivity index (χ1v) is 3.70. The molecule has 0 aliphatic rings. The van der Waals surface area contributed by atoms with Crippen LogP contribution in [0.5, 0.6) is 0 Å². The maximum atomic E-state index is 11.6. The number of hydrogen-bond donors (Lipinski definition) is 3. The van der Waals surface area contributed by atoms with Crippen LogP contribution in [0.2, 0.25) is 0 Å². The van der Waals surface area contributed by atoms with Crippen LogP contribution in [-0.2, 0) is 9.59 Å². The van der Waals surface area contributed by atoms with Crippen LogP contribution in [0.3, 0.4) is 0 Å². The molecule has 2 amide bonds. The Bertz CT molecular complexity index is 218. The van der Waals surface area contributed by atoms with Crippen molar-refractivity contribution in [1.29, 1.82) is 0 Å². The summed E-state index contributed by atoms with van der Waals surface area (Å²) in [5.41, 5.74) is 4.67. The summed E-state index contributed by atoms with van der Waals surface area (Å²) in [4.78, 5) is 20.6. The second-order valence-electron chi connectivity index (χ2n) is 2.11. The first-order valence-electron chi connectivity index (χ1n) is 3.07. The Morgan fingerprint density at radius 2 is 1.92 bits per heavy atom. The molecule has 8 heteroatoms. The Balaban J connectivity index is 4.26. The molecule has 0 bridgehead atoms. The van der Waals surface area contributed by atoms with E-state index in [1.807, 2.05) is 0 Å². The largest absolute Gasteiger partial charge is 0.471 e. The van der Waals surface area contributed by atoms with Gasteiger partial charge in [-0.1, -0.05) is 0 Å². The predicted molar refractivity (Wildman–Crippen MR) is 41.0 cm³/mol. The molecule has 0 spiro atoms. The maximum absolute atomic E-state index is 11.6. The molecule has 13 heavy (non-hydrogen) atoms. The molecular weight excluding hydrogens is 209 g/mol. The van der Waals surface area contributed by atoms with Crippen LogP contribution < -0.4 is 11.1 Å². The highest BCUT2D eigenvalue weighted by Gasteiger charge is 2.40. The Labute approximate surface area is 77.1 Å². The minimum Gasteiger partial charge on any atom is -0.368 e. The third kappa shape index (κ3) is 4.02. The predicted octanol–water partition coefficient (Wildman–Crippen LogP) is -0.551. The van der Waals surface area contributed by atoms with Crippen LogP contribution >= 0.6 is 12.6 Å². The van der Waals surface area contributed by atoms with Crippen LogP contribution in [0.15, 0.2) is 0 Å². The lowest BCUT2D eigenvalue weighted by molar-refractivity contribution is -0.174. The van der Waals surface area contributed by atoms with Gasteiger partial charge in [-0.3, -0.25) is 9.59 Å². The molecule has 0 saturated heterocycles. The molecule has 1 unspecified atom stereocenters. The summed E-state index contributed by atoms with van der Waals surface area (Å²) in [5, 5.41) is 1.39. The number of primary amides is 1. The lowest BCUT2D eigenvalue weighted by atomic mass is 10.3. The molecule has 0 aliphatic heterocycles. The highest BCUT2D eigenvalue weighted by Crippen LogP contribution is 2.14. The number of hydrogen-bond acceptors (Lipinski definition) is 3. The smallest absolute Gasteiger partial charge is 0.368 e. The average molecular weight is 216 g/mol. The summed E-state index contributed by atoms with van der Waals surface area (Å²) in [6, 6.07) is -1.41. The van der Waals surface area contributed by atoms with Gasteiger partial charge < -0.3 is 11.1 Å². The number of rotatable bonds is 3. The van der Waals surface area contributed by atoms with E-state index in [4.69, 9.17) is 0 Å². The maximum Gasteiger partial charge on any atom is 0.471 e. The number of halogens is 3. The number of carbonyl (C=O) groups excluding carboxylic acids is 2. The number of carbonyl (C=O) groups is 2. The van der Waals surface area contributed by atoms with Crippen molar-refractivity contribution in [2.45, 2.75) is 12.2 Å². The van der Waals surface area contributed by atoms with Gasteiger partial charge in [0.15, 0.2) is 0 Å². The third-order valence-electron chi connectivity index (χ3n) is 1.09. The number of nitrogens with one attached hydrogen (secondary N) is 1. The second kappa shape index (κ2) is 4.35. The van der Waals surface area contributed by atoms with E-state index in [0.29, 0.717) is 0 Å². The summed E-state index contributed by atoms with van der Waals surface area (Å²) in [5.74, 6) is -3.55. The molecule has 1 atom stereocenters. The molecule has 0 radical (unpaired) electrons. The fraction of sp³-hybridized carbons (Fsp3) is 0.600. The molecule has 76 valence electrons. The van der Waals surface area contributed by atoms with Crippen LogP contribution in [0.4, 0.5) is 13.2 Å². The summed E-state index contributed by atoms with van der Waals surface area (Å²) >= 11 is 3.54. The highest BCUT2D eigenvalue weighted by atomic mass is 32.1. The van der Waals surface area contributed by atoms with E-state index in [1.54, 1.807) is 0 Å². The SMILES string of the molecule is NC(=O)C(CS)NC(=O)C(F)(F)F. The minimum absolute atomic E-state index is 0.281. The van der Waals surface area contributed by atoms with E-state index in [0.717, 1.165) is 0 Å². The molecular formula is C5H7F3N2O2S. The van der Waals surface area contributed by atoms with Gasteiger partial charge in [-0.25, -0.2) is 0 Å². The van der Waals surface area contributed by atoms with E-state index in [2.05, 4.69) is 18.4 Å². The standard InChI is InChI=1S/C5H7F3N2O2S/c6-5(7,8)4(12)10-2(1-13)3(9)11/h2,13H,1H2,(H2,9,11)(H,10,12). The van der Waals surface area contributed by atoms with Gasteiger partial charge in [-0.15, -0.1) is 0 Å². The Hall–Kier alpha value is -0.920. The zero-order valence-corrected chi connectivity index (χ0v) is 7.15. The fourth-order valence-corrected chi connectivity index (χ4v) is 0.718. The molecule has 0 fully saturated rings. The third-order valence-corrected chi connectivity index (χ3v) is 1.45. The van der Waals surface area contributed by atoms with E-state index >= 15 is 0 Å². The Kier molecular flexibility index (Phi) is 4.05. The fourth-order valence-electron chi connectivity index (χ4n) is 0.447. The molecule has 0 aromatic rings. The van der Waals surface area contributed by atoms with Crippen molar-refractivity contribution in [1.82, 2.24) is 5.32 Å². The first-order chi connectivity index (χ1) is 5.79. The number of alkyl halides is 3. The molecule has 0 aromatic heterocycles. The summed E-state index contributed by atoms with van der Waals surface area (Å²) < 4.78 is 34.9. The van der Waals surface area contributed by atoms with Crippen molar-refractivity contribution >= 4 is 24.4 Å². The van der Waals surface area contributed by atoms with Gasteiger partial charge in [-0.05, 0) is 0 Å². The van der Waals surface area contributed by atoms with E-state index in [1.165, 1.54) is 5.32 Å². The Morgan fingerprint density at radius 3 is 2.15 bits per heavy atom. The van der Waals surface area contributed by atoms with Crippen LogP contribution in [-0.4, -0.2) is 29.8 Å². The molecule has 3 N–H and O–H groups in total. The van der Waals surface area contributed by atoms with Crippen molar-refractivity contribution in [2.24, 2.45) is 5.73 Å². The second-order valence-corrected chi connectivity index (χ2v) is 2.47. The zero-order valence-electron chi connectivity index (χ0n) is 6.26. The minimum atomic E-state index is -5.02. The monoisotopic (exact) mass is 216 g/mol. The van der Waals surface area contributed by atoms with Crippen LogP contribution in [0.1, 0.15) is 0 Å². The van der Waals surface area contributed by atoms with Crippen LogP contribution in [0, 0.1) is 0 Å². The topological polar surface area (TPSA) is 72.2 Å². The zero-order chi connectivity index (χ0) is 10.6. The van der Waals surface area contributed by atoms with Crippen molar-refractivity contribution in [3.8, 4) is 0 Å². The molecule has 4 nitrogen and oxygen atoms in total. The van der Waals surface area contributed by atoms with E-state index in [9.17, 15) is 22.8 Å². The first kappa shape index (κ1) is 12.1. The lowest BCUT2D eigenvalue weighted by Crippen LogP contribution is -2.50. The molecule has 0 aliphatic carbocycles. The van der Waals surface area contributed by atoms with Gasteiger partial charge in [0.1, 0.15) is 6.04 Å². The molecule has 0 aromatic carbocycles. The van der Waals surface area contributed by atoms with Gasteiger partial charge in [0, 0.05) is 5.75 Å². The molecule has 0 rings (SSSR count). The number of thiol groups is 1. The van der Waals surface area contributed by atoms with Gasteiger partial charge >= 0.3 is 12.1 Å². The normalized spacial score (nSPS) is 13.5. The molecule has 0 heterocycles. The summed E-state index contributed by atoms with van der Waals surface area (Å²) in [7, 11) is 0. The average Bonchev–Trinajstić information content (AvgIpc) is 1.96. The number of nitrogens with two attached hydrogens (primary N) is 1. The van der Waals surface area contributed by atoms with Crippen molar-refractivity contribution in [3.05, 3.63) is 0 Å². The van der Waals surface area contributed by atoms with Gasteiger partial charge in [0.05, 0.1) is 0 Å². The molecule has 0 saturated carbocycles.